The van der Waals surface area contributed by atoms with Crippen molar-refractivity contribution < 1.29 is 0 Å². The van der Waals surface area contributed by atoms with Gasteiger partial charge in [0.15, 0.2) is 0 Å². The van der Waals surface area contributed by atoms with Crippen LogP contribution in [0.4, 0.5) is 0 Å². The second-order valence-electron chi connectivity index (χ2n) is 3.67. The summed E-state index contributed by atoms with van der Waals surface area (Å²) in [6.07, 6.45) is 5.00. The summed E-state index contributed by atoms with van der Waals surface area (Å²) in [5, 5.41) is 0. The van der Waals surface area contributed by atoms with Crippen molar-refractivity contribution in [3.63, 3.8) is 0 Å². The monoisotopic (exact) mass is 240 g/mol. The molecule has 96 valence electrons. The van der Waals surface area contributed by atoms with E-state index in [-0.39, 0.29) is 0 Å². The summed E-state index contributed by atoms with van der Waals surface area (Å²) >= 11 is 0. The SMILES string of the molecule is C=C(C)c1ccccc1.C=CC(=C)C.C=CC=C. The van der Waals surface area contributed by atoms with Crippen LogP contribution in [0.1, 0.15) is 19.4 Å². The zero-order valence-electron chi connectivity index (χ0n) is 11.7. The smallest absolute Gasteiger partial charge is 0.0233 e. The Morgan fingerprint density at radius 3 is 1.44 bits per heavy atom. The molecule has 0 aliphatic carbocycles. The van der Waals surface area contributed by atoms with Gasteiger partial charge < -0.3 is 0 Å². The third-order valence-corrected chi connectivity index (χ3v) is 1.78. The molecule has 0 heteroatoms. The summed E-state index contributed by atoms with van der Waals surface area (Å²) in [4.78, 5) is 0. The van der Waals surface area contributed by atoms with Crippen LogP contribution in [0.15, 0.2) is 87.0 Å². The molecule has 0 saturated heterocycles. The van der Waals surface area contributed by atoms with Gasteiger partial charge in [0.05, 0.1) is 0 Å². The summed E-state index contributed by atoms with van der Waals surface area (Å²) < 4.78 is 0. The lowest BCUT2D eigenvalue weighted by molar-refractivity contribution is 1.58. The molecule has 0 aliphatic heterocycles. The lowest BCUT2D eigenvalue weighted by Gasteiger charge is -1.94. The van der Waals surface area contributed by atoms with Crippen molar-refractivity contribution in [2.24, 2.45) is 0 Å². The largest absolute Gasteiger partial charge is 0.0991 e. The number of rotatable bonds is 3. The molecule has 0 N–H and O–H groups in total. The van der Waals surface area contributed by atoms with Crippen molar-refractivity contribution in [2.45, 2.75) is 13.8 Å². The fourth-order valence-electron chi connectivity index (χ4n) is 0.723. The topological polar surface area (TPSA) is 0 Å². The molecule has 0 aromatic heterocycles. The van der Waals surface area contributed by atoms with Crippen LogP contribution in [-0.4, -0.2) is 0 Å². The molecule has 1 aromatic rings. The zero-order chi connectivity index (χ0) is 14.4. The van der Waals surface area contributed by atoms with Crippen LogP contribution in [0.25, 0.3) is 5.57 Å². The molecule has 0 bridgehead atoms. The predicted octanol–water partition coefficient (Wildman–Crippen LogP) is 5.83. The van der Waals surface area contributed by atoms with E-state index in [1.807, 2.05) is 32.0 Å². The predicted molar refractivity (Wildman–Crippen MR) is 86.6 cm³/mol. The third-order valence-electron chi connectivity index (χ3n) is 1.78. The molecule has 0 radical (unpaired) electrons. The first kappa shape index (κ1) is 18.3. The molecule has 18 heavy (non-hydrogen) atoms. The van der Waals surface area contributed by atoms with Gasteiger partial charge in [-0.05, 0) is 19.4 Å². The highest BCUT2D eigenvalue weighted by Gasteiger charge is 1.86. The van der Waals surface area contributed by atoms with Gasteiger partial charge in [0, 0.05) is 0 Å². The molecule has 0 saturated carbocycles. The van der Waals surface area contributed by atoms with Gasteiger partial charge in [-0.1, -0.05) is 92.6 Å². The van der Waals surface area contributed by atoms with Crippen molar-refractivity contribution in [1.82, 2.24) is 0 Å². The molecule has 0 unspecified atom stereocenters. The van der Waals surface area contributed by atoms with E-state index in [0.29, 0.717) is 0 Å². The van der Waals surface area contributed by atoms with E-state index in [1.54, 1.807) is 18.2 Å². The fourth-order valence-corrected chi connectivity index (χ4v) is 0.723. The molecule has 0 atom stereocenters. The van der Waals surface area contributed by atoms with Crippen LogP contribution in [0.3, 0.4) is 0 Å². The molecule has 1 rings (SSSR count). The number of hydrogen-bond donors (Lipinski definition) is 0. The molecule has 0 heterocycles. The summed E-state index contributed by atoms with van der Waals surface area (Å²) in [6, 6.07) is 10.2. The van der Waals surface area contributed by atoms with Crippen molar-refractivity contribution >= 4 is 5.57 Å². The van der Waals surface area contributed by atoms with Crippen molar-refractivity contribution in [3.8, 4) is 0 Å². The van der Waals surface area contributed by atoms with Gasteiger partial charge in [0.25, 0.3) is 0 Å². The van der Waals surface area contributed by atoms with E-state index in [2.05, 4.69) is 45.0 Å². The molecular formula is C18H24. The summed E-state index contributed by atoms with van der Waals surface area (Å²) in [6.45, 7) is 21.5. The van der Waals surface area contributed by atoms with Gasteiger partial charge in [-0.3, -0.25) is 0 Å². The molecule has 0 nitrogen and oxygen atoms in total. The van der Waals surface area contributed by atoms with Crippen LogP contribution in [0.2, 0.25) is 0 Å². The summed E-state index contributed by atoms with van der Waals surface area (Å²) in [7, 11) is 0. The van der Waals surface area contributed by atoms with Gasteiger partial charge in [-0.15, -0.1) is 0 Å². The maximum atomic E-state index is 3.83. The van der Waals surface area contributed by atoms with Crippen LogP contribution >= 0.6 is 0 Å². The highest BCUT2D eigenvalue weighted by molar-refractivity contribution is 5.60. The Kier molecular flexibility index (Phi) is 13.2. The number of hydrogen-bond acceptors (Lipinski definition) is 0. The first-order valence-electron chi connectivity index (χ1n) is 5.71. The Morgan fingerprint density at radius 1 is 0.889 bits per heavy atom. The van der Waals surface area contributed by atoms with Crippen molar-refractivity contribution in [3.05, 3.63) is 92.6 Å². The maximum absolute atomic E-state index is 3.83. The van der Waals surface area contributed by atoms with Crippen molar-refractivity contribution in [2.75, 3.05) is 0 Å². The van der Waals surface area contributed by atoms with Crippen LogP contribution in [0.5, 0.6) is 0 Å². The van der Waals surface area contributed by atoms with Crippen LogP contribution in [0, 0.1) is 0 Å². The van der Waals surface area contributed by atoms with Crippen LogP contribution in [-0.2, 0) is 0 Å². The van der Waals surface area contributed by atoms with E-state index in [1.165, 1.54) is 5.56 Å². The Morgan fingerprint density at radius 2 is 1.28 bits per heavy atom. The maximum Gasteiger partial charge on any atom is -0.0233 e. The average Bonchev–Trinajstić information content (AvgIpc) is 2.40. The van der Waals surface area contributed by atoms with Crippen LogP contribution < -0.4 is 0 Å². The Balaban J connectivity index is 0. The number of benzene rings is 1. The lowest BCUT2D eigenvalue weighted by atomic mass is 10.1. The minimum atomic E-state index is 1.02. The Bertz CT molecular complexity index is 374. The molecule has 1 aromatic carbocycles. The lowest BCUT2D eigenvalue weighted by Crippen LogP contribution is -1.72. The first-order valence-corrected chi connectivity index (χ1v) is 5.71. The van der Waals surface area contributed by atoms with E-state index in [9.17, 15) is 0 Å². The van der Waals surface area contributed by atoms with E-state index in [4.69, 9.17) is 0 Å². The van der Waals surface area contributed by atoms with Gasteiger partial charge in [-0.25, -0.2) is 0 Å². The van der Waals surface area contributed by atoms with Gasteiger partial charge in [-0.2, -0.15) is 0 Å². The Labute approximate surface area is 112 Å². The summed E-state index contributed by atoms with van der Waals surface area (Å²) in [5.41, 5.74) is 3.36. The minimum Gasteiger partial charge on any atom is -0.0991 e. The third kappa shape index (κ3) is 13.9. The molecule has 0 amide bonds. The summed E-state index contributed by atoms with van der Waals surface area (Å²) in [5.74, 6) is 0. The van der Waals surface area contributed by atoms with E-state index in [0.717, 1.165) is 11.1 Å². The molecular weight excluding hydrogens is 216 g/mol. The second kappa shape index (κ2) is 13.0. The van der Waals surface area contributed by atoms with Gasteiger partial charge in [0.2, 0.25) is 0 Å². The zero-order valence-corrected chi connectivity index (χ0v) is 11.7. The average molecular weight is 240 g/mol. The Hall–Kier alpha value is -2.08. The molecule has 0 aliphatic rings. The second-order valence-corrected chi connectivity index (χ2v) is 3.67. The number of allylic oxidation sites excluding steroid dienone is 5. The quantitative estimate of drug-likeness (QED) is 0.583. The first-order chi connectivity index (χ1) is 8.49. The van der Waals surface area contributed by atoms with Gasteiger partial charge in [0.1, 0.15) is 0 Å². The standard InChI is InChI=1S/C9H10.C5H8.C4H6/c1-8(2)9-6-4-3-5-7-9;1-4-5(2)3;1-3-4-2/h3-7H,1H2,2H3;4H,1-2H2,3H3;3-4H,1-2H2. The highest BCUT2D eigenvalue weighted by Crippen LogP contribution is 2.08. The van der Waals surface area contributed by atoms with E-state index < -0.39 is 0 Å². The van der Waals surface area contributed by atoms with Gasteiger partial charge >= 0.3 is 0 Å². The normalized spacial score (nSPS) is 7.44. The highest BCUT2D eigenvalue weighted by atomic mass is 13.9. The van der Waals surface area contributed by atoms with E-state index >= 15 is 0 Å². The molecule has 0 fully saturated rings. The fraction of sp³-hybridized carbons (Fsp3) is 0.111. The molecule has 0 spiro atoms. The van der Waals surface area contributed by atoms with Crippen molar-refractivity contribution in [1.29, 1.82) is 0 Å². The minimum absolute atomic E-state index is 1.02.